The SMILES string of the molecule is COC(=O)C(CCCOC(=O)CCCCOC(=O)CCC(=O)CCOC(=O)CCC(=O)CCOC(=O)CCC(=O)CCOC(=O)CCC(=O)CCOC(=O)CCC(=O)CCO)CC1CO1. The Kier molecular flexibility index (Phi) is 31.8. The van der Waals surface area contributed by atoms with Crippen LogP contribution in [-0.4, -0.2) is 142 Å². The highest BCUT2D eigenvalue weighted by atomic mass is 16.6. The van der Waals surface area contributed by atoms with Crippen molar-refractivity contribution in [2.75, 3.05) is 60.0 Å². The monoisotopic (exact) mass is 928 g/mol. The van der Waals surface area contributed by atoms with Gasteiger partial charge in [0.2, 0.25) is 0 Å². The van der Waals surface area contributed by atoms with Gasteiger partial charge in [0.15, 0.2) is 0 Å². The van der Waals surface area contributed by atoms with Crippen LogP contribution >= 0.6 is 0 Å². The molecule has 1 fully saturated rings. The molecule has 1 saturated heterocycles. The number of epoxide rings is 1. The molecule has 21 nitrogen and oxygen atoms in total. The van der Waals surface area contributed by atoms with Gasteiger partial charge in [-0.05, 0) is 32.1 Å². The maximum atomic E-state index is 12.1. The summed E-state index contributed by atoms with van der Waals surface area (Å²) in [6.45, 7) is -0.398. The molecule has 1 aliphatic heterocycles. The fourth-order valence-corrected chi connectivity index (χ4v) is 5.60. The van der Waals surface area contributed by atoms with Crippen LogP contribution in [0.15, 0.2) is 0 Å². The van der Waals surface area contributed by atoms with Crippen molar-refractivity contribution >= 4 is 70.7 Å². The van der Waals surface area contributed by atoms with E-state index in [9.17, 15) is 57.5 Å². The van der Waals surface area contributed by atoms with E-state index in [1.54, 1.807) is 0 Å². The molecule has 0 spiro atoms. The Morgan fingerprint density at radius 1 is 0.431 bits per heavy atom. The number of carbonyl (C=O) groups is 12. The zero-order valence-corrected chi connectivity index (χ0v) is 37.3. The number of hydrogen-bond acceptors (Lipinski definition) is 21. The number of unbranched alkanes of at least 4 members (excludes halogenated alkanes) is 1. The lowest BCUT2D eigenvalue weighted by molar-refractivity contribution is -0.148. The number of aliphatic hydroxyl groups is 1. The van der Waals surface area contributed by atoms with Crippen LogP contribution < -0.4 is 0 Å². The van der Waals surface area contributed by atoms with Gasteiger partial charge in [-0.15, -0.1) is 0 Å². The quantitative estimate of drug-likeness (QED) is 0.0398. The largest absolute Gasteiger partial charge is 0.469 e. The predicted molar refractivity (Wildman–Crippen MR) is 220 cm³/mol. The zero-order valence-electron chi connectivity index (χ0n) is 37.3. The van der Waals surface area contributed by atoms with E-state index in [0.29, 0.717) is 38.7 Å². The van der Waals surface area contributed by atoms with Gasteiger partial charge in [0.25, 0.3) is 0 Å². The Labute approximate surface area is 377 Å². The van der Waals surface area contributed by atoms with Crippen molar-refractivity contribution in [3.8, 4) is 0 Å². The summed E-state index contributed by atoms with van der Waals surface area (Å²) in [5.41, 5.74) is 0. The minimum absolute atomic E-state index is 0.0516. The molecule has 366 valence electrons. The van der Waals surface area contributed by atoms with E-state index in [2.05, 4.69) is 0 Å². The van der Waals surface area contributed by atoms with Crippen molar-refractivity contribution in [1.29, 1.82) is 0 Å². The van der Waals surface area contributed by atoms with E-state index < -0.39 is 35.8 Å². The Balaban J connectivity index is 2.00. The van der Waals surface area contributed by atoms with Gasteiger partial charge in [-0.3, -0.25) is 57.5 Å². The topological polar surface area (TPSA) is 302 Å². The molecule has 1 heterocycles. The van der Waals surface area contributed by atoms with Crippen LogP contribution in [0, 0.1) is 5.92 Å². The summed E-state index contributed by atoms with van der Waals surface area (Å²) >= 11 is 0. The number of esters is 7. The maximum absolute atomic E-state index is 12.1. The van der Waals surface area contributed by atoms with Crippen LogP contribution in [0.5, 0.6) is 0 Å². The second-order valence-corrected chi connectivity index (χ2v) is 15.0. The first-order valence-electron chi connectivity index (χ1n) is 21.9. The number of carbonyl (C=O) groups excluding carboxylic acids is 12. The van der Waals surface area contributed by atoms with Crippen LogP contribution in [0.3, 0.4) is 0 Å². The van der Waals surface area contributed by atoms with Crippen molar-refractivity contribution in [1.82, 2.24) is 0 Å². The molecule has 0 radical (unpaired) electrons. The van der Waals surface area contributed by atoms with Crippen LogP contribution in [0.25, 0.3) is 0 Å². The van der Waals surface area contributed by atoms with E-state index in [4.69, 9.17) is 43.0 Å². The molecule has 0 amide bonds. The van der Waals surface area contributed by atoms with E-state index in [0.717, 1.165) is 0 Å². The highest BCUT2D eigenvalue weighted by Crippen LogP contribution is 2.24. The van der Waals surface area contributed by atoms with Gasteiger partial charge in [0.05, 0.1) is 97.5 Å². The third kappa shape index (κ3) is 33.7. The van der Waals surface area contributed by atoms with E-state index >= 15 is 0 Å². The first-order valence-corrected chi connectivity index (χ1v) is 21.9. The molecule has 0 aromatic heterocycles. The maximum Gasteiger partial charge on any atom is 0.308 e. The van der Waals surface area contributed by atoms with Crippen molar-refractivity contribution in [2.45, 2.75) is 141 Å². The third-order valence-corrected chi connectivity index (χ3v) is 9.49. The van der Waals surface area contributed by atoms with Crippen LogP contribution in [0.4, 0.5) is 0 Å². The molecule has 0 saturated carbocycles. The summed E-state index contributed by atoms with van der Waals surface area (Å²) in [7, 11) is 1.33. The smallest absolute Gasteiger partial charge is 0.308 e. The van der Waals surface area contributed by atoms with Gasteiger partial charge in [0.1, 0.15) is 28.9 Å². The molecule has 0 aromatic carbocycles. The summed E-state index contributed by atoms with van der Waals surface area (Å²) < 4.78 is 40.0. The summed E-state index contributed by atoms with van der Waals surface area (Å²) in [4.78, 5) is 143. The second-order valence-electron chi connectivity index (χ2n) is 15.0. The van der Waals surface area contributed by atoms with Crippen LogP contribution in [0.1, 0.15) is 135 Å². The highest BCUT2D eigenvalue weighted by Gasteiger charge is 2.30. The van der Waals surface area contributed by atoms with Gasteiger partial charge < -0.3 is 43.0 Å². The number of Topliss-reactive ketones (excluding diaryl/α,β-unsaturated/α-hetero) is 5. The lowest BCUT2D eigenvalue weighted by Gasteiger charge is -2.13. The Morgan fingerprint density at radius 3 is 1.09 bits per heavy atom. The standard InChI is InChI=1S/C44H64O21/c1-58-44(57)31(29-37-30-65-37)5-4-24-60-38(51)6-2-3-23-59-39(52)13-8-33(47)18-26-62-41(54)15-10-35(49)20-28-64-43(56)16-11-36(50)21-27-63-42(55)14-9-34(48)19-25-61-40(53)12-7-32(46)17-22-45/h31,37,45H,2-30H2,1H3. The normalized spacial score (nSPS) is 13.0. The van der Waals surface area contributed by atoms with E-state index in [1.165, 1.54) is 7.11 Å². The first-order chi connectivity index (χ1) is 31.1. The van der Waals surface area contributed by atoms with Gasteiger partial charge in [-0.2, -0.15) is 0 Å². The molecule has 0 bridgehead atoms. The molecular weight excluding hydrogens is 864 g/mol. The average Bonchev–Trinajstić information content (AvgIpc) is 4.10. The van der Waals surface area contributed by atoms with Gasteiger partial charge in [-0.25, -0.2) is 0 Å². The van der Waals surface area contributed by atoms with Crippen molar-refractivity contribution in [2.24, 2.45) is 5.92 Å². The number of hydrogen-bond donors (Lipinski definition) is 1. The molecule has 1 rings (SSSR count). The van der Waals surface area contributed by atoms with E-state index in [-0.39, 0.29) is 196 Å². The zero-order chi connectivity index (χ0) is 48.2. The predicted octanol–water partition coefficient (Wildman–Crippen LogP) is 2.46. The third-order valence-electron chi connectivity index (χ3n) is 9.49. The summed E-state index contributed by atoms with van der Waals surface area (Å²) in [6.07, 6.45) is 0.162. The summed E-state index contributed by atoms with van der Waals surface area (Å²) in [5, 5.41) is 8.67. The van der Waals surface area contributed by atoms with Crippen LogP contribution in [0.2, 0.25) is 0 Å². The minimum Gasteiger partial charge on any atom is -0.469 e. The van der Waals surface area contributed by atoms with Crippen LogP contribution in [-0.2, 0) is 95.4 Å². The number of methoxy groups -OCH3 is 1. The second kappa shape index (κ2) is 35.9. The Hall–Kier alpha value is -5.44. The molecule has 0 aliphatic carbocycles. The molecule has 2 unspecified atom stereocenters. The number of ketones is 5. The van der Waals surface area contributed by atoms with Gasteiger partial charge in [-0.1, -0.05) is 0 Å². The highest BCUT2D eigenvalue weighted by molar-refractivity contribution is 5.86. The van der Waals surface area contributed by atoms with Gasteiger partial charge >= 0.3 is 41.8 Å². The molecule has 1 N–H and O–H groups in total. The number of ether oxygens (including phenoxy) is 8. The van der Waals surface area contributed by atoms with Crippen molar-refractivity contribution in [3.05, 3.63) is 0 Å². The fourth-order valence-electron chi connectivity index (χ4n) is 5.60. The molecule has 65 heavy (non-hydrogen) atoms. The molecular formula is C44H64O21. The minimum atomic E-state index is -0.731. The van der Waals surface area contributed by atoms with Gasteiger partial charge in [0, 0.05) is 77.2 Å². The molecule has 1 aliphatic rings. The lowest BCUT2D eigenvalue weighted by atomic mass is 9.98. The summed E-state index contributed by atoms with van der Waals surface area (Å²) in [5.74, 6) is -6.16. The average molecular weight is 929 g/mol. The number of rotatable bonds is 41. The van der Waals surface area contributed by atoms with E-state index in [1.807, 2.05) is 0 Å². The Bertz CT molecular complexity index is 1580. The first kappa shape index (κ1) is 57.6. The van der Waals surface area contributed by atoms with Crippen molar-refractivity contribution in [3.63, 3.8) is 0 Å². The summed E-state index contributed by atoms with van der Waals surface area (Å²) in [6, 6.07) is 0. The number of aliphatic hydroxyl groups excluding tert-OH is 1. The molecule has 0 aromatic rings. The lowest BCUT2D eigenvalue weighted by Crippen LogP contribution is -2.19. The molecule has 21 heteroatoms. The molecule has 2 atom stereocenters. The van der Waals surface area contributed by atoms with Crippen molar-refractivity contribution < 1.29 is 101 Å². The fraction of sp³-hybridized carbons (Fsp3) is 0.727. The Morgan fingerprint density at radius 2 is 0.754 bits per heavy atom.